The fourth-order valence-corrected chi connectivity index (χ4v) is 1.01. The summed E-state index contributed by atoms with van der Waals surface area (Å²) in [6, 6.07) is 0. The van der Waals surface area contributed by atoms with E-state index < -0.39 is 0 Å². The maximum Gasteiger partial charge on any atom is 0.209 e. The number of carbonyl (C=O) groups is 1. The molecule has 0 N–H and O–H groups in total. The third-order valence-corrected chi connectivity index (χ3v) is 2.00. The van der Waals surface area contributed by atoms with Crippen LogP contribution < -0.4 is 0 Å². The van der Waals surface area contributed by atoms with E-state index in [-0.39, 0.29) is 0 Å². The molecule has 1 aliphatic heterocycles. The van der Waals surface area contributed by atoms with Crippen molar-refractivity contribution in [1.29, 1.82) is 0 Å². The predicted octanol–water partition coefficient (Wildman–Crippen LogP) is 3.09. The molecule has 16 heavy (non-hydrogen) atoms. The molecule has 0 saturated carbocycles. The Labute approximate surface area is 101 Å². The zero-order valence-corrected chi connectivity index (χ0v) is 11.5. The monoisotopic (exact) mass is 231 g/mol. The molecule has 0 aliphatic carbocycles. The van der Waals surface area contributed by atoms with E-state index in [1.807, 2.05) is 0 Å². The zero-order valence-electron chi connectivity index (χ0n) is 11.5. The van der Waals surface area contributed by atoms with Gasteiger partial charge in [-0.05, 0) is 12.8 Å². The fourth-order valence-electron chi connectivity index (χ4n) is 1.01. The van der Waals surface area contributed by atoms with Crippen molar-refractivity contribution in [2.24, 2.45) is 0 Å². The van der Waals surface area contributed by atoms with E-state index in [1.54, 1.807) is 14.1 Å². The van der Waals surface area contributed by atoms with Crippen molar-refractivity contribution in [2.75, 3.05) is 27.3 Å². The molecule has 0 aromatic rings. The van der Waals surface area contributed by atoms with Crippen molar-refractivity contribution < 1.29 is 9.53 Å². The molecular formula is C13H29NO2. The summed E-state index contributed by atoms with van der Waals surface area (Å²) >= 11 is 0. The average Bonchev–Trinajstić information content (AvgIpc) is 2.85. The molecule has 1 amide bonds. The SMILES string of the molecule is C1CCOC1.CCCCCC.CN(C)C=O. The van der Waals surface area contributed by atoms with Crippen LogP contribution in [0, 0.1) is 0 Å². The first-order valence-corrected chi connectivity index (χ1v) is 6.38. The lowest BCUT2D eigenvalue weighted by Gasteiger charge is -1.93. The van der Waals surface area contributed by atoms with E-state index in [2.05, 4.69) is 13.8 Å². The number of hydrogen-bond donors (Lipinski definition) is 0. The van der Waals surface area contributed by atoms with Gasteiger partial charge in [-0.3, -0.25) is 4.79 Å². The maximum absolute atomic E-state index is 9.43. The van der Waals surface area contributed by atoms with Crippen molar-refractivity contribution >= 4 is 6.41 Å². The van der Waals surface area contributed by atoms with Crippen LogP contribution in [0.15, 0.2) is 0 Å². The van der Waals surface area contributed by atoms with Gasteiger partial charge in [0.05, 0.1) is 0 Å². The van der Waals surface area contributed by atoms with Gasteiger partial charge in [-0.1, -0.05) is 39.5 Å². The minimum absolute atomic E-state index is 0.750. The first-order valence-electron chi connectivity index (χ1n) is 6.38. The topological polar surface area (TPSA) is 29.5 Å². The Morgan fingerprint density at radius 2 is 1.44 bits per heavy atom. The summed E-state index contributed by atoms with van der Waals surface area (Å²) < 4.78 is 4.94. The van der Waals surface area contributed by atoms with Gasteiger partial charge in [0.2, 0.25) is 6.41 Å². The minimum atomic E-state index is 0.750. The van der Waals surface area contributed by atoms with Crippen LogP contribution in [-0.2, 0) is 9.53 Å². The molecule has 1 rings (SSSR count). The van der Waals surface area contributed by atoms with Crippen LogP contribution in [-0.4, -0.2) is 38.6 Å². The predicted molar refractivity (Wildman–Crippen MR) is 69.6 cm³/mol. The van der Waals surface area contributed by atoms with Crippen LogP contribution in [0.2, 0.25) is 0 Å². The molecule has 0 atom stereocenters. The fraction of sp³-hybridized carbons (Fsp3) is 0.923. The lowest BCUT2D eigenvalue weighted by Crippen LogP contribution is -2.06. The van der Waals surface area contributed by atoms with Crippen LogP contribution >= 0.6 is 0 Å². The van der Waals surface area contributed by atoms with Crippen LogP contribution in [0.25, 0.3) is 0 Å². The molecule has 0 spiro atoms. The molecular weight excluding hydrogens is 202 g/mol. The zero-order chi connectivity index (χ0) is 12.6. The van der Waals surface area contributed by atoms with Crippen molar-refractivity contribution in [3.8, 4) is 0 Å². The first-order chi connectivity index (χ1) is 7.68. The molecule has 0 aromatic carbocycles. The molecule has 1 saturated heterocycles. The largest absolute Gasteiger partial charge is 0.381 e. The van der Waals surface area contributed by atoms with Crippen molar-refractivity contribution in [2.45, 2.75) is 52.4 Å². The van der Waals surface area contributed by atoms with Gasteiger partial charge >= 0.3 is 0 Å². The smallest absolute Gasteiger partial charge is 0.209 e. The molecule has 0 bridgehead atoms. The van der Waals surface area contributed by atoms with Gasteiger partial charge in [-0.15, -0.1) is 0 Å². The molecule has 1 aliphatic rings. The van der Waals surface area contributed by atoms with E-state index in [0.29, 0.717) is 0 Å². The van der Waals surface area contributed by atoms with Gasteiger partial charge in [0.15, 0.2) is 0 Å². The summed E-state index contributed by atoms with van der Waals surface area (Å²) in [5.74, 6) is 0. The Kier molecular flexibility index (Phi) is 18.8. The minimum Gasteiger partial charge on any atom is -0.381 e. The van der Waals surface area contributed by atoms with Crippen LogP contribution in [0.5, 0.6) is 0 Å². The van der Waals surface area contributed by atoms with Crippen molar-refractivity contribution in [3.63, 3.8) is 0 Å². The van der Waals surface area contributed by atoms with Crippen molar-refractivity contribution in [3.05, 3.63) is 0 Å². The molecule has 0 aromatic heterocycles. The molecule has 3 nitrogen and oxygen atoms in total. The summed E-state index contributed by atoms with van der Waals surface area (Å²) in [7, 11) is 3.38. The second kappa shape index (κ2) is 16.8. The maximum atomic E-state index is 9.43. The summed E-state index contributed by atoms with van der Waals surface area (Å²) in [4.78, 5) is 10.9. The second-order valence-electron chi connectivity index (χ2n) is 4.10. The van der Waals surface area contributed by atoms with Crippen molar-refractivity contribution in [1.82, 2.24) is 4.90 Å². The second-order valence-corrected chi connectivity index (χ2v) is 4.10. The normalized spacial score (nSPS) is 13.0. The Bertz CT molecular complexity index is 111. The molecule has 0 radical (unpaired) electrons. The molecule has 0 unspecified atom stereocenters. The quantitative estimate of drug-likeness (QED) is 0.549. The van der Waals surface area contributed by atoms with Gasteiger partial charge in [0.25, 0.3) is 0 Å². The Hall–Kier alpha value is -0.570. The number of unbranched alkanes of at least 4 members (excludes halogenated alkanes) is 3. The Morgan fingerprint density at radius 1 is 1.06 bits per heavy atom. The highest BCUT2D eigenvalue weighted by Crippen LogP contribution is 1.98. The standard InChI is InChI=1S/C6H14.C4H8O.C3H7NO/c1-3-5-6-4-2;1-2-4-5-3-1;1-4(2)3-5/h3-6H2,1-2H3;1-4H2;3H,1-2H3. The van der Waals surface area contributed by atoms with Gasteiger partial charge in [0.1, 0.15) is 0 Å². The lowest BCUT2D eigenvalue weighted by molar-refractivity contribution is -0.115. The van der Waals surface area contributed by atoms with Gasteiger partial charge < -0.3 is 9.64 Å². The molecule has 98 valence electrons. The third kappa shape index (κ3) is 23.3. The molecule has 3 heteroatoms. The summed E-state index contributed by atoms with van der Waals surface area (Å²) in [5, 5.41) is 0. The number of carbonyl (C=O) groups excluding carboxylic acids is 1. The van der Waals surface area contributed by atoms with Gasteiger partial charge in [-0.25, -0.2) is 0 Å². The van der Waals surface area contributed by atoms with Gasteiger partial charge in [-0.2, -0.15) is 0 Å². The highest BCUT2D eigenvalue weighted by atomic mass is 16.5. The molecule has 1 heterocycles. The van der Waals surface area contributed by atoms with E-state index in [0.717, 1.165) is 19.6 Å². The van der Waals surface area contributed by atoms with Crippen LogP contribution in [0.3, 0.4) is 0 Å². The average molecular weight is 231 g/mol. The third-order valence-electron chi connectivity index (χ3n) is 2.00. The number of amides is 1. The number of rotatable bonds is 4. The lowest BCUT2D eigenvalue weighted by atomic mass is 10.2. The number of nitrogens with zero attached hydrogens (tertiary/aromatic N) is 1. The van der Waals surface area contributed by atoms with E-state index in [9.17, 15) is 4.79 Å². The molecule has 1 fully saturated rings. The number of hydrogen-bond acceptors (Lipinski definition) is 2. The summed E-state index contributed by atoms with van der Waals surface area (Å²) in [6.45, 7) is 6.46. The van der Waals surface area contributed by atoms with E-state index >= 15 is 0 Å². The Morgan fingerprint density at radius 3 is 1.56 bits per heavy atom. The van der Waals surface area contributed by atoms with Crippen LogP contribution in [0.4, 0.5) is 0 Å². The van der Waals surface area contributed by atoms with Gasteiger partial charge in [0, 0.05) is 27.3 Å². The first kappa shape index (κ1) is 17.8. The Balaban J connectivity index is 0. The summed E-state index contributed by atoms with van der Waals surface area (Å²) in [6.07, 6.45) is 8.84. The number of ether oxygens (including phenoxy) is 1. The highest BCUT2D eigenvalue weighted by Gasteiger charge is 1.94. The highest BCUT2D eigenvalue weighted by molar-refractivity contribution is 5.45. The van der Waals surface area contributed by atoms with E-state index in [4.69, 9.17) is 4.74 Å². The summed E-state index contributed by atoms with van der Waals surface area (Å²) in [5.41, 5.74) is 0. The van der Waals surface area contributed by atoms with Crippen LogP contribution in [0.1, 0.15) is 52.4 Å². The van der Waals surface area contributed by atoms with E-state index in [1.165, 1.54) is 43.4 Å².